The van der Waals surface area contributed by atoms with E-state index in [0.29, 0.717) is 26.0 Å². The number of fused-ring (bicyclic) bond motifs is 1. The Hall–Kier alpha value is -3.20. The van der Waals surface area contributed by atoms with Gasteiger partial charge in [0.15, 0.2) is 0 Å². The summed E-state index contributed by atoms with van der Waals surface area (Å²) in [4.78, 5) is 30.4. The van der Waals surface area contributed by atoms with Crippen LogP contribution in [-0.4, -0.2) is 72.8 Å². The number of rotatable bonds is 16. The molecule has 2 aromatic carbocycles. The topological polar surface area (TPSA) is 82.9 Å². The lowest BCUT2D eigenvalue weighted by atomic mass is 10.2. The van der Waals surface area contributed by atoms with E-state index in [9.17, 15) is 9.59 Å². The fourth-order valence-corrected chi connectivity index (χ4v) is 4.57. The molecule has 3 aromatic rings. The van der Waals surface area contributed by atoms with Crippen LogP contribution in [0.25, 0.3) is 22.4 Å². The van der Waals surface area contributed by atoms with Crippen LogP contribution in [-0.2, 0) is 20.9 Å². The largest absolute Gasteiger partial charge is 0.497 e. The number of amides is 1. The monoisotopic (exact) mass is 541 g/mol. The number of hydrogen-bond donors (Lipinski definition) is 0. The van der Waals surface area contributed by atoms with E-state index in [2.05, 4.69) is 9.30 Å². The number of aryl methyl sites for hydroxylation is 1. The van der Waals surface area contributed by atoms with Crippen molar-refractivity contribution in [1.29, 1.82) is 0 Å². The molecular weight excluding hydrogens is 502 g/mol. The van der Waals surface area contributed by atoms with Crippen molar-refractivity contribution in [3.63, 3.8) is 0 Å². The normalized spacial score (nSPS) is 10.9. The predicted molar refractivity (Wildman–Crippen MR) is 153 cm³/mol. The Morgan fingerprint density at radius 1 is 0.974 bits per heavy atom. The average molecular weight is 542 g/mol. The molecule has 0 aliphatic rings. The molecule has 0 spiro atoms. The summed E-state index contributed by atoms with van der Waals surface area (Å²) in [5, 5.41) is 0. The van der Waals surface area contributed by atoms with Crippen molar-refractivity contribution in [2.45, 2.75) is 45.1 Å². The zero-order valence-corrected chi connectivity index (χ0v) is 23.7. The third-order valence-corrected chi connectivity index (χ3v) is 7.02. The highest BCUT2D eigenvalue weighted by atomic mass is 32.2. The lowest BCUT2D eigenvalue weighted by Crippen LogP contribution is -2.28. The number of unbranched alkanes of at least 4 members (excludes halogenated alkanes) is 2. The Morgan fingerprint density at radius 2 is 1.74 bits per heavy atom. The quantitative estimate of drug-likeness (QED) is 0.177. The van der Waals surface area contributed by atoms with Crippen molar-refractivity contribution in [2.75, 3.05) is 46.4 Å². The van der Waals surface area contributed by atoms with Crippen LogP contribution in [0.3, 0.4) is 0 Å². The lowest BCUT2D eigenvalue weighted by Gasteiger charge is -2.18. The van der Waals surface area contributed by atoms with Crippen LogP contribution in [0.5, 0.6) is 11.5 Å². The number of methoxy groups -OCH3 is 2. The second kappa shape index (κ2) is 15.3. The molecule has 0 radical (unpaired) electrons. The lowest BCUT2D eigenvalue weighted by molar-refractivity contribution is -0.140. The number of ether oxygens (including phenoxy) is 3. The number of aromatic nitrogens is 2. The average Bonchev–Trinajstić information content (AvgIpc) is 3.30. The molecule has 8 nitrogen and oxygen atoms in total. The number of benzene rings is 2. The van der Waals surface area contributed by atoms with Crippen LogP contribution < -0.4 is 9.47 Å². The number of thioether (sulfide) groups is 1. The van der Waals surface area contributed by atoms with Gasteiger partial charge in [-0.25, -0.2) is 4.98 Å². The van der Waals surface area contributed by atoms with Crippen molar-refractivity contribution in [1.82, 2.24) is 14.5 Å². The highest BCUT2D eigenvalue weighted by Gasteiger charge is 2.15. The molecule has 3 rings (SSSR count). The zero-order valence-electron chi connectivity index (χ0n) is 22.9. The van der Waals surface area contributed by atoms with E-state index in [1.54, 1.807) is 18.9 Å². The molecule has 0 atom stereocenters. The van der Waals surface area contributed by atoms with Gasteiger partial charge in [-0.05, 0) is 68.3 Å². The summed E-state index contributed by atoms with van der Waals surface area (Å²) >= 11 is 1.69. The molecule has 206 valence electrons. The number of carbonyl (C=O) groups excluding carboxylic acids is 2. The van der Waals surface area contributed by atoms with Gasteiger partial charge in [0, 0.05) is 50.4 Å². The van der Waals surface area contributed by atoms with Crippen molar-refractivity contribution >= 4 is 34.7 Å². The third-order valence-electron chi connectivity index (χ3n) is 6.41. The standard InChI is InChI=1S/C29H39N3O5S/c1-31(27(33)16-20-38-4)17-8-18-32-26-21-24(37-19-7-5-6-9-28(34)36-3)14-15-25(26)30-29(32)22-10-12-23(35-2)13-11-22/h10-15,21H,5-9,16-20H2,1-4H3. The highest BCUT2D eigenvalue weighted by molar-refractivity contribution is 7.98. The predicted octanol–water partition coefficient (Wildman–Crippen LogP) is 5.43. The highest BCUT2D eigenvalue weighted by Crippen LogP contribution is 2.29. The summed E-state index contributed by atoms with van der Waals surface area (Å²) in [6.07, 6.45) is 6.38. The minimum atomic E-state index is -0.173. The van der Waals surface area contributed by atoms with Gasteiger partial charge in [0.25, 0.3) is 0 Å². The molecule has 9 heteroatoms. The molecule has 38 heavy (non-hydrogen) atoms. The Balaban J connectivity index is 1.74. The molecule has 1 amide bonds. The first-order chi connectivity index (χ1) is 18.5. The van der Waals surface area contributed by atoms with E-state index in [4.69, 9.17) is 14.5 Å². The smallest absolute Gasteiger partial charge is 0.305 e. The maximum Gasteiger partial charge on any atom is 0.305 e. The summed E-state index contributed by atoms with van der Waals surface area (Å²) < 4.78 is 18.3. The maximum atomic E-state index is 12.4. The number of esters is 1. The summed E-state index contributed by atoms with van der Waals surface area (Å²) in [5.41, 5.74) is 2.89. The van der Waals surface area contributed by atoms with Crippen LogP contribution in [0.2, 0.25) is 0 Å². The van der Waals surface area contributed by atoms with Crippen LogP contribution in [0.15, 0.2) is 42.5 Å². The van der Waals surface area contributed by atoms with E-state index in [-0.39, 0.29) is 11.9 Å². The minimum Gasteiger partial charge on any atom is -0.497 e. The van der Waals surface area contributed by atoms with Crippen molar-refractivity contribution in [3.8, 4) is 22.9 Å². The van der Waals surface area contributed by atoms with Gasteiger partial charge in [-0.1, -0.05) is 0 Å². The Kier molecular flexibility index (Phi) is 11.8. The molecule has 0 saturated carbocycles. The Labute approximate surface area is 229 Å². The van der Waals surface area contributed by atoms with Crippen molar-refractivity contribution < 1.29 is 23.8 Å². The number of imidazole rings is 1. The molecule has 0 saturated heterocycles. The molecule has 0 fully saturated rings. The maximum absolute atomic E-state index is 12.4. The van der Waals surface area contributed by atoms with E-state index < -0.39 is 0 Å². The van der Waals surface area contributed by atoms with E-state index in [1.807, 2.05) is 60.7 Å². The molecule has 1 heterocycles. The van der Waals surface area contributed by atoms with Gasteiger partial charge in [0.2, 0.25) is 5.91 Å². The number of hydrogen-bond acceptors (Lipinski definition) is 7. The molecular formula is C29H39N3O5S. The fraction of sp³-hybridized carbons (Fsp3) is 0.483. The third kappa shape index (κ3) is 8.41. The van der Waals surface area contributed by atoms with Crippen LogP contribution in [0.4, 0.5) is 0 Å². The van der Waals surface area contributed by atoms with Crippen molar-refractivity contribution in [3.05, 3.63) is 42.5 Å². The summed E-state index contributed by atoms with van der Waals surface area (Å²) in [6.45, 7) is 1.97. The van der Waals surface area contributed by atoms with Gasteiger partial charge in [0.1, 0.15) is 17.3 Å². The molecule has 0 aliphatic carbocycles. The molecule has 0 bridgehead atoms. The summed E-state index contributed by atoms with van der Waals surface area (Å²) in [7, 11) is 4.94. The fourth-order valence-electron chi connectivity index (χ4n) is 4.19. The molecule has 0 unspecified atom stereocenters. The number of carbonyl (C=O) groups is 2. The first kappa shape index (κ1) is 29.4. The van der Waals surface area contributed by atoms with Gasteiger partial charge >= 0.3 is 5.97 Å². The van der Waals surface area contributed by atoms with Crippen molar-refractivity contribution in [2.24, 2.45) is 0 Å². The molecule has 0 aliphatic heterocycles. The number of nitrogens with zero attached hydrogens (tertiary/aromatic N) is 3. The van der Waals surface area contributed by atoms with Gasteiger partial charge in [-0.2, -0.15) is 11.8 Å². The first-order valence-corrected chi connectivity index (χ1v) is 14.4. The van der Waals surface area contributed by atoms with Crippen LogP contribution >= 0.6 is 11.8 Å². The van der Waals surface area contributed by atoms with Crippen LogP contribution in [0, 0.1) is 0 Å². The Bertz CT molecular complexity index is 1180. The molecule has 1 aromatic heterocycles. The van der Waals surface area contributed by atoms with E-state index >= 15 is 0 Å². The van der Waals surface area contributed by atoms with Gasteiger partial charge in [-0.15, -0.1) is 0 Å². The SMILES string of the molecule is COC(=O)CCCCCOc1ccc2nc(-c3ccc(OC)cc3)n(CCCN(C)C(=O)CCSC)c2c1. The van der Waals surface area contributed by atoms with Gasteiger partial charge < -0.3 is 23.7 Å². The van der Waals surface area contributed by atoms with Gasteiger partial charge in [0.05, 0.1) is 31.9 Å². The second-order valence-corrected chi connectivity index (χ2v) is 10.1. The first-order valence-electron chi connectivity index (χ1n) is 13.0. The summed E-state index contributed by atoms with van der Waals surface area (Å²) in [5.74, 6) is 3.30. The second-order valence-electron chi connectivity index (χ2n) is 9.11. The minimum absolute atomic E-state index is 0.173. The van der Waals surface area contributed by atoms with Crippen LogP contribution in [0.1, 0.15) is 38.5 Å². The molecule has 0 N–H and O–H groups in total. The van der Waals surface area contributed by atoms with Gasteiger partial charge in [-0.3, -0.25) is 9.59 Å². The van der Waals surface area contributed by atoms with E-state index in [1.165, 1.54) is 7.11 Å². The summed E-state index contributed by atoms with van der Waals surface area (Å²) in [6, 6.07) is 13.9. The Morgan fingerprint density at radius 3 is 2.45 bits per heavy atom. The zero-order chi connectivity index (χ0) is 27.3. The van der Waals surface area contributed by atoms with E-state index in [0.717, 1.165) is 71.9 Å².